The van der Waals surface area contributed by atoms with Gasteiger partial charge >= 0.3 is 6.09 Å². The van der Waals surface area contributed by atoms with E-state index in [-0.39, 0.29) is 23.7 Å². The number of carbonyl (C=O) groups excluding carboxylic acids is 1. The fourth-order valence-corrected chi connectivity index (χ4v) is 4.21. The average Bonchev–Trinajstić information content (AvgIpc) is 3.37. The van der Waals surface area contributed by atoms with E-state index in [2.05, 4.69) is 30.6 Å². The molecule has 2 saturated heterocycles. The Morgan fingerprint density at radius 3 is 2.88 bits per heavy atom. The zero-order valence-electron chi connectivity index (χ0n) is 19.0. The summed E-state index contributed by atoms with van der Waals surface area (Å²) in [4.78, 5) is 12.7. The lowest BCUT2D eigenvalue weighted by molar-refractivity contribution is -0.0907. The normalized spacial score (nSPS) is 24.4. The van der Waals surface area contributed by atoms with Crippen molar-refractivity contribution in [3.05, 3.63) is 35.9 Å². The molecule has 8 nitrogen and oxygen atoms in total. The lowest BCUT2D eigenvalue weighted by Crippen LogP contribution is -2.50. The van der Waals surface area contributed by atoms with Crippen LogP contribution in [0.5, 0.6) is 0 Å². The molecule has 1 amide bonds. The Hall–Kier alpha value is -2.18. The van der Waals surface area contributed by atoms with Crippen LogP contribution in [-0.4, -0.2) is 62.0 Å². The minimum Gasteiger partial charge on any atom is -0.443 e. The highest BCUT2D eigenvalue weighted by atomic mass is 16.7. The third kappa shape index (κ3) is 7.17. The number of hydrogen-bond acceptors (Lipinski definition) is 7. The molecule has 5 atom stereocenters. The number of nitrogens with zero attached hydrogens (tertiary/aromatic N) is 1. The molecular weight excluding hydrogens is 410 g/mol. The number of rotatable bonds is 11. The lowest BCUT2D eigenvalue weighted by atomic mass is 9.88. The van der Waals surface area contributed by atoms with Crippen molar-refractivity contribution in [2.24, 2.45) is 11.3 Å². The van der Waals surface area contributed by atoms with Gasteiger partial charge in [0.1, 0.15) is 6.10 Å². The number of carbonyl (C=O) groups is 1. The number of ether oxygens (including phenoxy) is 3. The van der Waals surface area contributed by atoms with Crippen molar-refractivity contribution < 1.29 is 24.1 Å². The van der Waals surface area contributed by atoms with Crippen LogP contribution in [0, 0.1) is 22.7 Å². The first-order valence-corrected chi connectivity index (χ1v) is 11.4. The van der Waals surface area contributed by atoms with Gasteiger partial charge in [0.15, 0.2) is 6.29 Å². The number of alkyl carbamates (subject to hydrolysis) is 1. The van der Waals surface area contributed by atoms with E-state index in [0.29, 0.717) is 39.1 Å². The second-order valence-electron chi connectivity index (χ2n) is 9.43. The monoisotopic (exact) mass is 445 g/mol. The second-order valence-corrected chi connectivity index (χ2v) is 9.43. The van der Waals surface area contributed by atoms with Crippen molar-refractivity contribution in [2.75, 3.05) is 26.3 Å². The van der Waals surface area contributed by atoms with Crippen molar-refractivity contribution >= 4 is 6.09 Å². The van der Waals surface area contributed by atoms with Gasteiger partial charge in [-0.1, -0.05) is 44.2 Å². The molecule has 8 heteroatoms. The summed E-state index contributed by atoms with van der Waals surface area (Å²) in [6.07, 6.45) is 0.580. The van der Waals surface area contributed by atoms with Gasteiger partial charge in [0.25, 0.3) is 0 Å². The van der Waals surface area contributed by atoms with E-state index in [0.717, 1.165) is 18.4 Å². The van der Waals surface area contributed by atoms with Crippen LogP contribution in [0.1, 0.15) is 38.7 Å². The summed E-state index contributed by atoms with van der Waals surface area (Å²) in [7, 11) is 0. The first kappa shape index (κ1) is 24.5. The second kappa shape index (κ2) is 11.6. The molecule has 2 aliphatic rings. The Labute approximate surface area is 190 Å². The highest BCUT2D eigenvalue weighted by Gasteiger charge is 2.44. The molecular formula is C24H35N3O5. The van der Waals surface area contributed by atoms with Crippen LogP contribution < -0.4 is 10.6 Å². The standard InChI is InChI=1S/C24H35N3O5/c1-24(2,10-6-11-25)16-26-14-20(28)19(13-17-7-4-3-5-8-17)27-23(29)32-21-15-31-22-18(21)9-12-30-22/h3-5,7-8,18-22,26,28H,6,9-10,12-16H2,1-2H3,(H,27,29)/t18-,19?,20+,21-,22+/m0/s1. The molecule has 2 aliphatic heterocycles. The maximum atomic E-state index is 12.7. The van der Waals surface area contributed by atoms with E-state index in [9.17, 15) is 9.90 Å². The van der Waals surface area contributed by atoms with Crippen LogP contribution in [0.25, 0.3) is 0 Å². The summed E-state index contributed by atoms with van der Waals surface area (Å²) in [6.45, 7) is 6.10. The predicted octanol–water partition coefficient (Wildman–Crippen LogP) is 2.37. The van der Waals surface area contributed by atoms with E-state index in [4.69, 9.17) is 19.5 Å². The summed E-state index contributed by atoms with van der Waals surface area (Å²) in [5.74, 6) is 0.0653. The Bertz CT molecular complexity index is 767. The minimum absolute atomic E-state index is 0.0564. The van der Waals surface area contributed by atoms with Crippen LogP contribution in [0.15, 0.2) is 30.3 Å². The average molecular weight is 446 g/mol. The quantitative estimate of drug-likeness (QED) is 0.479. The Kier molecular flexibility index (Phi) is 8.88. The minimum atomic E-state index is -0.808. The molecule has 0 aromatic heterocycles. The highest BCUT2D eigenvalue weighted by molar-refractivity contribution is 5.68. The van der Waals surface area contributed by atoms with Gasteiger partial charge < -0.3 is 30.0 Å². The molecule has 0 radical (unpaired) electrons. The van der Waals surface area contributed by atoms with Gasteiger partial charge in [0.2, 0.25) is 0 Å². The summed E-state index contributed by atoms with van der Waals surface area (Å²) in [5.41, 5.74) is 0.957. The molecule has 176 valence electrons. The Balaban J connectivity index is 1.55. The molecule has 2 fully saturated rings. The Morgan fingerprint density at radius 1 is 1.34 bits per heavy atom. The first-order chi connectivity index (χ1) is 15.4. The summed E-state index contributed by atoms with van der Waals surface area (Å²) in [6, 6.07) is 11.4. The lowest BCUT2D eigenvalue weighted by Gasteiger charge is -2.28. The number of benzene rings is 1. The fraction of sp³-hybridized carbons (Fsp3) is 0.667. The van der Waals surface area contributed by atoms with Gasteiger partial charge in [-0.25, -0.2) is 4.79 Å². The molecule has 1 aromatic carbocycles. The molecule has 3 N–H and O–H groups in total. The van der Waals surface area contributed by atoms with Crippen LogP contribution in [0.4, 0.5) is 4.79 Å². The molecule has 32 heavy (non-hydrogen) atoms. The van der Waals surface area contributed by atoms with Crippen LogP contribution in [0.3, 0.4) is 0 Å². The molecule has 0 spiro atoms. The zero-order valence-corrected chi connectivity index (χ0v) is 19.0. The third-order valence-electron chi connectivity index (χ3n) is 6.18. The number of nitriles is 1. The van der Waals surface area contributed by atoms with Gasteiger partial charge in [-0.15, -0.1) is 0 Å². The van der Waals surface area contributed by atoms with E-state index in [1.54, 1.807) is 0 Å². The van der Waals surface area contributed by atoms with Crippen molar-refractivity contribution in [1.29, 1.82) is 5.26 Å². The topological polar surface area (TPSA) is 113 Å². The molecule has 0 aliphatic carbocycles. The zero-order chi connectivity index (χ0) is 23.0. The van der Waals surface area contributed by atoms with Crippen molar-refractivity contribution in [3.8, 4) is 6.07 Å². The van der Waals surface area contributed by atoms with Crippen molar-refractivity contribution in [3.63, 3.8) is 0 Å². The third-order valence-corrected chi connectivity index (χ3v) is 6.18. The van der Waals surface area contributed by atoms with Gasteiger partial charge in [0, 0.05) is 19.5 Å². The van der Waals surface area contributed by atoms with Gasteiger partial charge in [-0.2, -0.15) is 5.26 Å². The van der Waals surface area contributed by atoms with Gasteiger partial charge in [-0.05, 0) is 30.2 Å². The maximum Gasteiger partial charge on any atom is 0.407 e. The smallest absolute Gasteiger partial charge is 0.407 e. The van der Waals surface area contributed by atoms with E-state index < -0.39 is 18.2 Å². The number of amides is 1. The van der Waals surface area contributed by atoms with E-state index in [1.807, 2.05) is 30.3 Å². The Morgan fingerprint density at radius 2 is 2.12 bits per heavy atom. The highest BCUT2D eigenvalue weighted by Crippen LogP contribution is 2.33. The largest absolute Gasteiger partial charge is 0.443 e. The fourth-order valence-electron chi connectivity index (χ4n) is 4.21. The predicted molar refractivity (Wildman–Crippen MR) is 119 cm³/mol. The molecule has 1 unspecified atom stereocenters. The molecule has 3 rings (SSSR count). The number of aliphatic hydroxyl groups excluding tert-OH is 1. The summed E-state index contributed by atoms with van der Waals surface area (Å²) >= 11 is 0. The number of aliphatic hydroxyl groups is 1. The molecule has 2 heterocycles. The van der Waals surface area contributed by atoms with Crippen LogP contribution in [0.2, 0.25) is 0 Å². The van der Waals surface area contributed by atoms with Gasteiger partial charge in [-0.3, -0.25) is 0 Å². The van der Waals surface area contributed by atoms with Crippen LogP contribution in [-0.2, 0) is 20.6 Å². The summed E-state index contributed by atoms with van der Waals surface area (Å²) in [5, 5.41) is 25.8. The first-order valence-electron chi connectivity index (χ1n) is 11.4. The number of nitrogens with one attached hydrogen (secondary N) is 2. The van der Waals surface area contributed by atoms with Gasteiger partial charge in [0.05, 0.1) is 37.3 Å². The van der Waals surface area contributed by atoms with Crippen molar-refractivity contribution in [1.82, 2.24) is 10.6 Å². The number of hydrogen-bond donors (Lipinski definition) is 3. The van der Waals surface area contributed by atoms with E-state index in [1.165, 1.54) is 0 Å². The number of fused-ring (bicyclic) bond motifs is 1. The molecule has 1 aromatic rings. The summed E-state index contributed by atoms with van der Waals surface area (Å²) < 4.78 is 16.7. The van der Waals surface area contributed by atoms with Crippen LogP contribution >= 0.6 is 0 Å². The molecule has 0 bridgehead atoms. The SMILES string of the molecule is CC(C)(CCC#N)CNC[C@@H](O)C(Cc1ccccc1)NC(=O)O[C@H]1CO[C@H]2OCC[C@H]21. The maximum absolute atomic E-state index is 12.7. The van der Waals surface area contributed by atoms with Crippen molar-refractivity contribution in [2.45, 2.75) is 64.1 Å². The molecule has 0 saturated carbocycles. The van der Waals surface area contributed by atoms with E-state index >= 15 is 0 Å².